The first kappa shape index (κ1) is 17.8. The molecule has 1 fully saturated rings. The molecule has 0 unspecified atom stereocenters. The van der Waals surface area contributed by atoms with Crippen molar-refractivity contribution < 1.29 is 14.0 Å². The molecule has 1 N–H and O–H groups in total. The summed E-state index contributed by atoms with van der Waals surface area (Å²) in [5.41, 5.74) is 0.602. The van der Waals surface area contributed by atoms with Crippen LogP contribution in [0.4, 0.5) is 0 Å². The topological polar surface area (TPSA) is 101 Å². The predicted octanol–water partition coefficient (Wildman–Crippen LogP) is 1.94. The summed E-state index contributed by atoms with van der Waals surface area (Å²) in [5, 5.41) is 12.8. The van der Waals surface area contributed by atoms with E-state index in [-0.39, 0.29) is 36.6 Å². The number of likely N-dealkylation sites (tertiary alicyclic amines) is 1. The van der Waals surface area contributed by atoms with Gasteiger partial charge in [-0.05, 0) is 11.5 Å². The average molecular weight is 377 g/mol. The molecular weight excluding hydrogens is 358 g/mol. The maximum Gasteiger partial charge on any atom is 0.266 e. The molecule has 1 aliphatic rings. The van der Waals surface area contributed by atoms with Gasteiger partial charge in [-0.3, -0.25) is 14.6 Å². The van der Waals surface area contributed by atoms with Gasteiger partial charge in [0.15, 0.2) is 0 Å². The predicted molar refractivity (Wildman–Crippen MR) is 102 cm³/mol. The van der Waals surface area contributed by atoms with E-state index >= 15 is 0 Å². The van der Waals surface area contributed by atoms with Crippen molar-refractivity contribution in [2.45, 2.75) is 13.0 Å². The fourth-order valence-corrected chi connectivity index (χ4v) is 3.30. The third kappa shape index (κ3) is 3.48. The molecule has 0 radical (unpaired) electrons. The molecule has 8 heteroatoms. The summed E-state index contributed by atoms with van der Waals surface area (Å²) >= 11 is 0. The van der Waals surface area contributed by atoms with Crippen LogP contribution in [0.5, 0.6) is 0 Å². The molecule has 0 spiro atoms. The van der Waals surface area contributed by atoms with E-state index < -0.39 is 0 Å². The molecule has 8 nitrogen and oxygen atoms in total. The molecule has 0 saturated carbocycles. The lowest BCUT2D eigenvalue weighted by molar-refractivity contribution is -0.128. The van der Waals surface area contributed by atoms with Gasteiger partial charge in [0.25, 0.3) is 5.89 Å². The summed E-state index contributed by atoms with van der Waals surface area (Å²) in [6, 6.07) is 9.70. The zero-order valence-electron chi connectivity index (χ0n) is 15.2. The molecule has 3 aromatic rings. The van der Waals surface area contributed by atoms with Crippen molar-refractivity contribution in [3.8, 4) is 11.6 Å². The van der Waals surface area contributed by atoms with Crippen LogP contribution < -0.4 is 5.32 Å². The van der Waals surface area contributed by atoms with E-state index in [2.05, 4.69) is 27.1 Å². The number of carbonyl (C=O) groups is 2. The number of hydrogen-bond acceptors (Lipinski definition) is 6. The van der Waals surface area contributed by atoms with Crippen molar-refractivity contribution >= 4 is 22.6 Å². The Bertz CT molecular complexity index is 1040. The number of nitrogens with zero attached hydrogens (tertiary/aromatic N) is 4. The number of aromatic nitrogens is 3. The lowest BCUT2D eigenvalue weighted by Crippen LogP contribution is -2.32. The van der Waals surface area contributed by atoms with Gasteiger partial charge in [0, 0.05) is 31.1 Å². The van der Waals surface area contributed by atoms with Gasteiger partial charge in [0.2, 0.25) is 17.7 Å². The highest BCUT2D eigenvalue weighted by molar-refractivity contribution is 5.92. The SMILES string of the molecule is C=CCN1C[C@@H](C(=O)NCc2nnc(-c3nccc4ccccc34)o2)CC1=O. The van der Waals surface area contributed by atoms with Crippen LogP contribution in [0.25, 0.3) is 22.4 Å². The second-order valence-corrected chi connectivity index (χ2v) is 6.59. The Morgan fingerprint density at radius 2 is 2.18 bits per heavy atom. The highest BCUT2D eigenvalue weighted by Crippen LogP contribution is 2.25. The van der Waals surface area contributed by atoms with Gasteiger partial charge < -0.3 is 14.6 Å². The number of benzene rings is 1. The number of rotatable bonds is 6. The van der Waals surface area contributed by atoms with E-state index in [9.17, 15) is 9.59 Å². The van der Waals surface area contributed by atoms with Gasteiger partial charge in [0.05, 0.1) is 12.5 Å². The van der Waals surface area contributed by atoms with Crippen molar-refractivity contribution in [3.63, 3.8) is 0 Å². The molecule has 1 aliphatic heterocycles. The fourth-order valence-electron chi connectivity index (χ4n) is 3.30. The molecular formula is C20H19N5O3. The first-order valence-electron chi connectivity index (χ1n) is 8.98. The van der Waals surface area contributed by atoms with Gasteiger partial charge in [-0.25, -0.2) is 0 Å². The Kier molecular flexibility index (Phi) is 4.84. The van der Waals surface area contributed by atoms with Gasteiger partial charge in [0.1, 0.15) is 5.69 Å². The van der Waals surface area contributed by atoms with Crippen LogP contribution in [0.3, 0.4) is 0 Å². The maximum absolute atomic E-state index is 12.3. The third-order valence-corrected chi connectivity index (χ3v) is 4.69. The second kappa shape index (κ2) is 7.59. The molecule has 0 aliphatic carbocycles. The minimum Gasteiger partial charge on any atom is -0.417 e. The molecule has 28 heavy (non-hydrogen) atoms. The van der Waals surface area contributed by atoms with E-state index in [1.165, 1.54) is 0 Å². The van der Waals surface area contributed by atoms with Crippen LogP contribution in [0.2, 0.25) is 0 Å². The van der Waals surface area contributed by atoms with E-state index in [1.807, 2.05) is 30.3 Å². The molecule has 142 valence electrons. The summed E-state index contributed by atoms with van der Waals surface area (Å²) < 4.78 is 5.68. The lowest BCUT2D eigenvalue weighted by Gasteiger charge is -2.13. The summed E-state index contributed by atoms with van der Waals surface area (Å²) in [6.45, 7) is 4.57. The van der Waals surface area contributed by atoms with Crippen LogP contribution in [-0.4, -0.2) is 45.0 Å². The van der Waals surface area contributed by atoms with Crippen LogP contribution in [0, 0.1) is 5.92 Å². The molecule has 4 rings (SSSR count). The third-order valence-electron chi connectivity index (χ3n) is 4.69. The maximum atomic E-state index is 12.3. The van der Waals surface area contributed by atoms with Crippen molar-refractivity contribution in [2.24, 2.45) is 5.92 Å². The minimum absolute atomic E-state index is 0.0397. The first-order valence-corrected chi connectivity index (χ1v) is 8.98. The van der Waals surface area contributed by atoms with Crippen LogP contribution in [0.1, 0.15) is 12.3 Å². The minimum atomic E-state index is -0.380. The van der Waals surface area contributed by atoms with Crippen molar-refractivity contribution in [1.29, 1.82) is 0 Å². The smallest absolute Gasteiger partial charge is 0.266 e. The number of hydrogen-bond donors (Lipinski definition) is 1. The van der Waals surface area contributed by atoms with Crippen molar-refractivity contribution in [1.82, 2.24) is 25.4 Å². The summed E-state index contributed by atoms with van der Waals surface area (Å²) in [4.78, 5) is 30.2. The first-order chi connectivity index (χ1) is 13.7. The number of carbonyl (C=O) groups excluding carboxylic acids is 2. The van der Waals surface area contributed by atoms with Gasteiger partial charge in [-0.2, -0.15) is 0 Å². The standard InChI is InChI=1S/C20H19N5O3/c1-2-9-25-12-14(10-17(25)26)19(27)22-11-16-23-24-20(28-16)18-15-6-4-3-5-13(15)7-8-21-18/h2-8,14H,1,9-12H2,(H,22,27)/t14-/m0/s1. The largest absolute Gasteiger partial charge is 0.417 e. The Balaban J connectivity index is 1.42. The molecule has 2 aromatic heterocycles. The van der Waals surface area contributed by atoms with Gasteiger partial charge in [-0.1, -0.05) is 30.3 Å². The number of nitrogens with one attached hydrogen (secondary N) is 1. The summed E-state index contributed by atoms with van der Waals surface area (Å²) in [5.74, 6) is -0.0423. The van der Waals surface area contributed by atoms with Crippen LogP contribution in [0.15, 0.2) is 53.6 Å². The summed E-state index contributed by atoms with van der Waals surface area (Å²) in [6.07, 6.45) is 3.55. The van der Waals surface area contributed by atoms with Crippen molar-refractivity contribution in [3.05, 3.63) is 55.1 Å². The zero-order valence-corrected chi connectivity index (χ0v) is 15.2. The quantitative estimate of drug-likeness (QED) is 0.659. The second-order valence-electron chi connectivity index (χ2n) is 6.59. The Labute approximate surface area is 161 Å². The molecule has 3 heterocycles. The van der Waals surface area contributed by atoms with Gasteiger partial charge >= 0.3 is 0 Å². The Hall–Kier alpha value is -3.55. The van der Waals surface area contributed by atoms with E-state index in [4.69, 9.17) is 4.42 Å². The normalized spacial score (nSPS) is 16.5. The average Bonchev–Trinajstić information content (AvgIpc) is 3.33. The van der Waals surface area contributed by atoms with Gasteiger partial charge in [-0.15, -0.1) is 16.8 Å². The van der Waals surface area contributed by atoms with Crippen molar-refractivity contribution in [2.75, 3.05) is 13.1 Å². The molecule has 2 amide bonds. The monoisotopic (exact) mass is 377 g/mol. The fraction of sp³-hybridized carbons (Fsp3) is 0.250. The molecule has 1 saturated heterocycles. The molecule has 0 bridgehead atoms. The summed E-state index contributed by atoms with van der Waals surface area (Å²) in [7, 11) is 0. The van der Waals surface area contributed by atoms with Crippen LogP contribution in [-0.2, 0) is 16.1 Å². The molecule has 1 atom stereocenters. The Morgan fingerprint density at radius 3 is 3.04 bits per heavy atom. The number of amides is 2. The number of pyridine rings is 1. The highest BCUT2D eigenvalue weighted by atomic mass is 16.4. The van der Waals surface area contributed by atoms with Crippen LogP contribution >= 0.6 is 0 Å². The highest BCUT2D eigenvalue weighted by Gasteiger charge is 2.33. The lowest BCUT2D eigenvalue weighted by atomic mass is 10.1. The molecule has 1 aromatic carbocycles. The van der Waals surface area contributed by atoms with E-state index in [0.29, 0.717) is 24.7 Å². The van der Waals surface area contributed by atoms with E-state index in [0.717, 1.165) is 10.8 Å². The Morgan fingerprint density at radius 1 is 1.32 bits per heavy atom. The zero-order chi connectivity index (χ0) is 19.5. The number of fused-ring (bicyclic) bond motifs is 1. The van der Waals surface area contributed by atoms with E-state index in [1.54, 1.807) is 17.2 Å².